The molecule has 2 aromatic rings. The first kappa shape index (κ1) is 20.0. The number of rotatable bonds is 9. The molecule has 0 spiro atoms. The molecular weight excluding hydrogens is 352 g/mol. The fourth-order valence-electron chi connectivity index (χ4n) is 2.48. The zero-order chi connectivity index (χ0) is 18.8. The van der Waals surface area contributed by atoms with Crippen molar-refractivity contribution in [3.05, 3.63) is 64.7 Å². The van der Waals surface area contributed by atoms with Gasteiger partial charge in [0.1, 0.15) is 5.75 Å². The largest absolute Gasteiger partial charge is 0.462 e. The van der Waals surface area contributed by atoms with E-state index in [0.29, 0.717) is 17.4 Å². The van der Waals surface area contributed by atoms with Gasteiger partial charge in [0.05, 0.1) is 17.7 Å². The number of carbonyl (C=O) groups excluding carboxylic acids is 2. The molecular formula is C21H23ClO4. The Morgan fingerprint density at radius 2 is 1.58 bits per heavy atom. The molecule has 0 atom stereocenters. The minimum absolute atomic E-state index is 0.170. The van der Waals surface area contributed by atoms with Crippen LogP contribution in [0.5, 0.6) is 5.75 Å². The molecule has 0 N–H and O–H groups in total. The van der Waals surface area contributed by atoms with E-state index in [1.165, 1.54) is 18.9 Å². The van der Waals surface area contributed by atoms with Gasteiger partial charge in [-0.05, 0) is 36.8 Å². The van der Waals surface area contributed by atoms with Crippen molar-refractivity contribution >= 4 is 23.5 Å². The first-order valence-corrected chi connectivity index (χ1v) is 9.23. The topological polar surface area (TPSA) is 52.6 Å². The summed E-state index contributed by atoms with van der Waals surface area (Å²) in [6.45, 7) is 2.50. The molecule has 0 aliphatic carbocycles. The van der Waals surface area contributed by atoms with E-state index in [4.69, 9.17) is 21.1 Å². The minimum Gasteiger partial charge on any atom is -0.462 e. The molecule has 2 aromatic carbocycles. The fraction of sp³-hybridized carbons (Fsp3) is 0.333. The van der Waals surface area contributed by atoms with Crippen LogP contribution in [0.4, 0.5) is 0 Å². The lowest BCUT2D eigenvalue weighted by atomic mass is 10.1. The third-order valence-electron chi connectivity index (χ3n) is 3.85. The van der Waals surface area contributed by atoms with Gasteiger partial charge in [-0.15, -0.1) is 0 Å². The molecule has 0 aliphatic heterocycles. The Morgan fingerprint density at radius 3 is 2.27 bits per heavy atom. The highest BCUT2D eigenvalue weighted by Crippen LogP contribution is 2.20. The van der Waals surface area contributed by atoms with Crippen LogP contribution >= 0.6 is 11.6 Å². The first-order chi connectivity index (χ1) is 12.6. The second-order valence-electron chi connectivity index (χ2n) is 5.94. The lowest BCUT2D eigenvalue weighted by Gasteiger charge is -2.10. The van der Waals surface area contributed by atoms with Gasteiger partial charge in [0, 0.05) is 5.02 Å². The van der Waals surface area contributed by atoms with E-state index in [9.17, 15) is 9.59 Å². The number of hydrogen-bond acceptors (Lipinski definition) is 4. The maximum atomic E-state index is 12.4. The summed E-state index contributed by atoms with van der Waals surface area (Å²) in [6, 6.07) is 13.0. The summed E-state index contributed by atoms with van der Waals surface area (Å²) < 4.78 is 10.6. The van der Waals surface area contributed by atoms with Crippen LogP contribution in [0.3, 0.4) is 0 Å². The normalized spacial score (nSPS) is 10.4. The van der Waals surface area contributed by atoms with Crippen LogP contribution in [-0.2, 0) is 4.74 Å². The predicted octanol–water partition coefficient (Wildman–Crippen LogP) is 5.69. The molecule has 0 aromatic heterocycles. The number of esters is 2. The van der Waals surface area contributed by atoms with E-state index in [0.717, 1.165) is 19.3 Å². The molecule has 0 fully saturated rings. The third-order valence-corrected chi connectivity index (χ3v) is 4.09. The number of benzene rings is 2. The number of carbonyl (C=O) groups is 2. The minimum atomic E-state index is -0.622. The number of halogens is 1. The summed E-state index contributed by atoms with van der Waals surface area (Å²) in [6.07, 6.45) is 5.34. The van der Waals surface area contributed by atoms with Crippen LogP contribution in [0.2, 0.25) is 5.02 Å². The van der Waals surface area contributed by atoms with Gasteiger partial charge in [-0.1, -0.05) is 62.4 Å². The molecule has 0 aliphatic rings. The molecule has 2 rings (SSSR count). The zero-order valence-electron chi connectivity index (χ0n) is 14.9. The van der Waals surface area contributed by atoms with Crippen LogP contribution in [-0.4, -0.2) is 18.5 Å². The fourth-order valence-corrected chi connectivity index (χ4v) is 2.66. The molecule has 26 heavy (non-hydrogen) atoms. The van der Waals surface area contributed by atoms with E-state index in [1.54, 1.807) is 42.5 Å². The average Bonchev–Trinajstić information content (AvgIpc) is 2.64. The predicted molar refractivity (Wildman–Crippen MR) is 102 cm³/mol. The highest BCUT2D eigenvalue weighted by Gasteiger charge is 2.19. The second-order valence-corrected chi connectivity index (χ2v) is 6.38. The van der Waals surface area contributed by atoms with Gasteiger partial charge in [-0.25, -0.2) is 9.59 Å². The average molecular weight is 375 g/mol. The Morgan fingerprint density at radius 1 is 0.885 bits per heavy atom. The van der Waals surface area contributed by atoms with Crippen molar-refractivity contribution in [3.63, 3.8) is 0 Å². The second kappa shape index (κ2) is 10.6. The molecule has 0 unspecified atom stereocenters. The van der Waals surface area contributed by atoms with Crippen LogP contribution in [0.25, 0.3) is 0 Å². The molecule has 5 heteroatoms. The monoisotopic (exact) mass is 374 g/mol. The smallest absolute Gasteiger partial charge is 0.344 e. The van der Waals surface area contributed by atoms with Crippen molar-refractivity contribution in [2.24, 2.45) is 0 Å². The highest BCUT2D eigenvalue weighted by atomic mass is 35.5. The lowest BCUT2D eigenvalue weighted by Crippen LogP contribution is -2.16. The molecule has 138 valence electrons. The van der Waals surface area contributed by atoms with E-state index in [-0.39, 0.29) is 11.1 Å². The summed E-state index contributed by atoms with van der Waals surface area (Å²) in [7, 11) is 0. The van der Waals surface area contributed by atoms with E-state index in [1.807, 2.05) is 0 Å². The van der Waals surface area contributed by atoms with Crippen molar-refractivity contribution in [2.45, 2.75) is 39.0 Å². The summed E-state index contributed by atoms with van der Waals surface area (Å²) in [5.41, 5.74) is 0.372. The summed E-state index contributed by atoms with van der Waals surface area (Å²) in [5, 5.41) is 0.464. The van der Waals surface area contributed by atoms with Gasteiger partial charge in [0.2, 0.25) is 0 Å². The molecule has 4 nitrogen and oxygen atoms in total. The van der Waals surface area contributed by atoms with Gasteiger partial charge < -0.3 is 9.47 Å². The molecule has 0 heterocycles. The van der Waals surface area contributed by atoms with E-state index < -0.39 is 11.9 Å². The standard InChI is InChI=1S/C21H23ClO4/c1-2-3-4-5-8-14-25-20(23)18-12-6-7-13-19(18)21(24)26-17-11-9-10-16(22)15-17/h6-7,9-13,15H,2-5,8,14H2,1H3. The van der Waals surface area contributed by atoms with Gasteiger partial charge >= 0.3 is 11.9 Å². The van der Waals surface area contributed by atoms with Crippen molar-refractivity contribution in [1.82, 2.24) is 0 Å². The Labute approximate surface area is 159 Å². The Bertz CT molecular complexity index is 742. The van der Waals surface area contributed by atoms with Crippen LogP contribution in [0.1, 0.15) is 59.7 Å². The quantitative estimate of drug-likeness (QED) is 0.321. The molecule has 0 amide bonds. The molecule has 0 saturated heterocycles. The van der Waals surface area contributed by atoms with Crippen molar-refractivity contribution in [3.8, 4) is 5.75 Å². The Hall–Kier alpha value is -2.33. The lowest BCUT2D eigenvalue weighted by molar-refractivity contribution is 0.0489. The van der Waals surface area contributed by atoms with Crippen molar-refractivity contribution < 1.29 is 19.1 Å². The van der Waals surface area contributed by atoms with Gasteiger partial charge in [0.25, 0.3) is 0 Å². The van der Waals surface area contributed by atoms with Gasteiger partial charge in [0.15, 0.2) is 0 Å². The molecule has 0 bridgehead atoms. The maximum Gasteiger partial charge on any atom is 0.344 e. The van der Waals surface area contributed by atoms with Crippen LogP contribution in [0.15, 0.2) is 48.5 Å². The van der Waals surface area contributed by atoms with Gasteiger partial charge in [-0.3, -0.25) is 0 Å². The zero-order valence-corrected chi connectivity index (χ0v) is 15.6. The molecule has 0 saturated carbocycles. The van der Waals surface area contributed by atoms with E-state index in [2.05, 4.69) is 6.92 Å². The maximum absolute atomic E-state index is 12.4. The highest BCUT2D eigenvalue weighted by molar-refractivity contribution is 6.30. The first-order valence-electron chi connectivity index (χ1n) is 8.85. The number of hydrogen-bond donors (Lipinski definition) is 0. The summed E-state index contributed by atoms with van der Waals surface area (Å²) in [4.78, 5) is 24.7. The third kappa shape index (κ3) is 6.19. The van der Waals surface area contributed by atoms with Crippen molar-refractivity contribution in [1.29, 1.82) is 0 Å². The number of ether oxygens (including phenoxy) is 2. The summed E-state index contributed by atoms with van der Waals surface area (Å²) in [5.74, 6) is -0.816. The number of unbranched alkanes of at least 4 members (excludes halogenated alkanes) is 4. The Kier molecular flexibility index (Phi) is 8.16. The van der Waals surface area contributed by atoms with Crippen LogP contribution < -0.4 is 4.74 Å². The molecule has 0 radical (unpaired) electrons. The van der Waals surface area contributed by atoms with Crippen LogP contribution in [0, 0.1) is 0 Å². The van der Waals surface area contributed by atoms with Gasteiger partial charge in [-0.2, -0.15) is 0 Å². The Balaban J connectivity index is 1.97. The summed E-state index contributed by atoms with van der Waals surface area (Å²) >= 11 is 5.89. The SMILES string of the molecule is CCCCCCCOC(=O)c1ccccc1C(=O)Oc1cccc(Cl)c1. The van der Waals surface area contributed by atoms with E-state index >= 15 is 0 Å². The van der Waals surface area contributed by atoms with Crippen molar-refractivity contribution in [2.75, 3.05) is 6.61 Å².